The zero-order valence-corrected chi connectivity index (χ0v) is 13.4. The molecule has 0 aromatic heterocycles. The van der Waals surface area contributed by atoms with Gasteiger partial charge in [-0.05, 0) is 36.4 Å². The lowest BCUT2D eigenvalue weighted by Crippen LogP contribution is -3.17. The van der Waals surface area contributed by atoms with Crippen LogP contribution in [0.2, 0.25) is 0 Å². The molecule has 0 bridgehead atoms. The molecule has 1 N–H and O–H groups in total. The molecule has 25 heavy (non-hydrogen) atoms. The number of quaternary nitrogens is 1. The van der Waals surface area contributed by atoms with Gasteiger partial charge in [-0.15, -0.1) is 0 Å². The van der Waals surface area contributed by atoms with Gasteiger partial charge in [0.25, 0.3) is 18.7 Å². The molecule has 3 aromatic carbocycles. The maximum atomic E-state index is 6.42. The van der Waals surface area contributed by atoms with E-state index in [-0.39, 0.29) is 18.7 Å². The minimum absolute atomic E-state index is 0.150. The molecule has 0 aliphatic carbocycles. The summed E-state index contributed by atoms with van der Waals surface area (Å²) in [6.07, 6.45) is -0.449. The molecule has 122 valence electrons. The maximum absolute atomic E-state index is 6.42. The van der Waals surface area contributed by atoms with Gasteiger partial charge < -0.3 is 14.2 Å². The predicted octanol–water partition coefficient (Wildman–Crippen LogP) is 3.14. The molecule has 0 saturated carbocycles. The molecule has 0 amide bonds. The van der Waals surface area contributed by atoms with Gasteiger partial charge in [-0.25, -0.2) is 4.90 Å². The first-order chi connectivity index (χ1) is 12.4. The molecule has 3 heterocycles. The largest absolute Gasteiger partial charge is 0.437 e. The Morgan fingerprint density at radius 2 is 0.800 bits per heavy atom. The molecular formula is C21H16NO3+. The minimum Gasteiger partial charge on any atom is -0.437 e. The van der Waals surface area contributed by atoms with E-state index in [0.717, 1.165) is 38.8 Å². The number of fused-ring (bicyclic) bond motifs is 6. The van der Waals surface area contributed by atoms with E-state index in [4.69, 9.17) is 14.2 Å². The molecule has 0 spiro atoms. The van der Waals surface area contributed by atoms with Gasteiger partial charge in [0.2, 0.25) is 0 Å². The first-order valence-corrected chi connectivity index (χ1v) is 8.53. The van der Waals surface area contributed by atoms with Gasteiger partial charge in [0.15, 0.2) is 0 Å². The van der Waals surface area contributed by atoms with Crippen molar-refractivity contribution in [3.63, 3.8) is 0 Å². The molecule has 0 fully saturated rings. The Kier molecular flexibility index (Phi) is 2.54. The molecule has 6 rings (SSSR count). The van der Waals surface area contributed by atoms with Crippen LogP contribution in [0.1, 0.15) is 35.4 Å². The average molecular weight is 330 g/mol. The first kappa shape index (κ1) is 13.3. The van der Waals surface area contributed by atoms with Gasteiger partial charge in [-0.1, -0.05) is 36.4 Å². The maximum Gasteiger partial charge on any atom is 0.268 e. The van der Waals surface area contributed by atoms with Gasteiger partial charge in [0, 0.05) is 0 Å². The smallest absolute Gasteiger partial charge is 0.268 e. The molecule has 4 nitrogen and oxygen atoms in total. The van der Waals surface area contributed by atoms with Crippen molar-refractivity contribution < 1.29 is 19.1 Å². The van der Waals surface area contributed by atoms with E-state index >= 15 is 0 Å². The van der Waals surface area contributed by atoms with Crippen molar-refractivity contribution in [3.8, 4) is 17.2 Å². The zero-order valence-electron chi connectivity index (χ0n) is 13.4. The first-order valence-electron chi connectivity index (χ1n) is 8.53. The third kappa shape index (κ3) is 1.74. The highest BCUT2D eigenvalue weighted by molar-refractivity contribution is 5.44. The number of hydrogen-bond donors (Lipinski definition) is 1. The third-order valence-electron chi connectivity index (χ3n) is 5.25. The Morgan fingerprint density at radius 3 is 1.16 bits per heavy atom. The number of hydrogen-bond acceptors (Lipinski definition) is 3. The number of nitrogens with one attached hydrogen (secondary N) is 1. The summed E-state index contributed by atoms with van der Waals surface area (Å²) in [4.78, 5) is 1.14. The lowest BCUT2D eigenvalue weighted by Gasteiger charge is -2.48. The fourth-order valence-electron chi connectivity index (χ4n) is 4.14. The molecular weight excluding hydrogens is 314 g/mol. The van der Waals surface area contributed by atoms with Crippen molar-refractivity contribution in [2.45, 2.75) is 18.7 Å². The van der Waals surface area contributed by atoms with Crippen LogP contribution in [0.15, 0.2) is 72.8 Å². The molecule has 0 saturated heterocycles. The Balaban J connectivity index is 1.62. The minimum atomic E-state index is -0.150. The quantitative estimate of drug-likeness (QED) is 0.687. The molecule has 3 atom stereocenters. The summed E-state index contributed by atoms with van der Waals surface area (Å²) in [5.74, 6) is 2.66. The molecule has 0 radical (unpaired) electrons. The van der Waals surface area contributed by atoms with Crippen LogP contribution in [0, 0.1) is 0 Å². The topological polar surface area (TPSA) is 32.1 Å². The number of rotatable bonds is 0. The van der Waals surface area contributed by atoms with Gasteiger partial charge in [0.1, 0.15) is 17.2 Å². The molecule has 0 unspecified atom stereocenters. The Bertz CT molecular complexity index is 859. The second kappa shape index (κ2) is 4.77. The highest BCUT2D eigenvalue weighted by Gasteiger charge is 2.54. The summed E-state index contributed by atoms with van der Waals surface area (Å²) in [7, 11) is 0. The van der Waals surface area contributed by atoms with Crippen LogP contribution in [0.4, 0.5) is 0 Å². The van der Waals surface area contributed by atoms with Gasteiger partial charge >= 0.3 is 0 Å². The Hall–Kier alpha value is -2.98. The lowest BCUT2D eigenvalue weighted by atomic mass is 9.99. The predicted molar refractivity (Wildman–Crippen MR) is 90.4 cm³/mol. The number of para-hydroxylation sites is 3. The Morgan fingerprint density at radius 1 is 0.480 bits per heavy atom. The Labute approximate surface area is 145 Å². The highest BCUT2D eigenvalue weighted by atomic mass is 16.6. The molecule has 3 aromatic rings. The monoisotopic (exact) mass is 330 g/mol. The zero-order chi connectivity index (χ0) is 16.4. The third-order valence-corrected chi connectivity index (χ3v) is 5.25. The fourth-order valence-corrected chi connectivity index (χ4v) is 4.14. The van der Waals surface area contributed by atoms with Crippen LogP contribution >= 0.6 is 0 Å². The van der Waals surface area contributed by atoms with E-state index in [1.54, 1.807) is 0 Å². The molecule has 3 aliphatic rings. The summed E-state index contributed by atoms with van der Waals surface area (Å²) in [5.41, 5.74) is 3.20. The summed E-state index contributed by atoms with van der Waals surface area (Å²) >= 11 is 0. The van der Waals surface area contributed by atoms with Crippen LogP contribution in [0.5, 0.6) is 17.2 Å². The van der Waals surface area contributed by atoms with Crippen molar-refractivity contribution in [1.29, 1.82) is 0 Å². The summed E-state index contributed by atoms with van der Waals surface area (Å²) in [6, 6.07) is 24.4. The van der Waals surface area contributed by atoms with Crippen LogP contribution in [0.25, 0.3) is 0 Å². The van der Waals surface area contributed by atoms with Crippen LogP contribution in [0.3, 0.4) is 0 Å². The number of benzene rings is 3. The summed E-state index contributed by atoms with van der Waals surface area (Å²) < 4.78 is 19.3. The van der Waals surface area contributed by atoms with Crippen molar-refractivity contribution in [1.82, 2.24) is 0 Å². The SMILES string of the molecule is c1ccc2c(c1)O[C@@H]1c3ccccc3O[C@@H]3c4ccccc4O[C@H]2[NH+]31. The molecule has 3 aliphatic heterocycles. The second-order valence-electron chi connectivity index (χ2n) is 6.61. The second-order valence-corrected chi connectivity index (χ2v) is 6.61. The van der Waals surface area contributed by atoms with Crippen LogP contribution < -0.4 is 19.1 Å². The van der Waals surface area contributed by atoms with E-state index in [0.29, 0.717) is 0 Å². The van der Waals surface area contributed by atoms with Crippen LogP contribution in [-0.4, -0.2) is 0 Å². The summed E-state index contributed by atoms with van der Waals surface area (Å²) in [6.45, 7) is 0. The highest BCUT2D eigenvalue weighted by Crippen LogP contribution is 2.44. The summed E-state index contributed by atoms with van der Waals surface area (Å²) in [5, 5.41) is 0. The average Bonchev–Trinajstić information content (AvgIpc) is 2.68. The van der Waals surface area contributed by atoms with Crippen LogP contribution in [-0.2, 0) is 0 Å². The van der Waals surface area contributed by atoms with Gasteiger partial charge in [-0.2, -0.15) is 0 Å². The normalized spacial score (nSPS) is 27.4. The molecule has 4 heteroatoms. The van der Waals surface area contributed by atoms with Crippen molar-refractivity contribution in [2.75, 3.05) is 0 Å². The van der Waals surface area contributed by atoms with Gasteiger partial charge in [0.05, 0.1) is 16.7 Å². The lowest BCUT2D eigenvalue weighted by molar-refractivity contribution is -1.05. The van der Waals surface area contributed by atoms with Crippen molar-refractivity contribution in [3.05, 3.63) is 89.5 Å². The van der Waals surface area contributed by atoms with E-state index in [1.807, 2.05) is 54.6 Å². The van der Waals surface area contributed by atoms with E-state index in [1.165, 1.54) is 0 Å². The van der Waals surface area contributed by atoms with Crippen molar-refractivity contribution >= 4 is 0 Å². The van der Waals surface area contributed by atoms with E-state index < -0.39 is 0 Å². The fraction of sp³-hybridized carbons (Fsp3) is 0.143. The van der Waals surface area contributed by atoms with E-state index in [2.05, 4.69) is 18.2 Å². The standard InChI is InChI=1S/C21H15NO3/c1-4-10-16-13(7-1)19-22-20(23-16)15-9-3-6-12-18(15)25-21(22)14-8-2-5-11-17(14)24-19/h1-12,19-21H/p+1/t19-,20-,21-/m1/s1. The number of ether oxygens (including phenoxy) is 3. The van der Waals surface area contributed by atoms with E-state index in [9.17, 15) is 0 Å². The van der Waals surface area contributed by atoms with Gasteiger partial charge in [-0.3, -0.25) is 0 Å². The van der Waals surface area contributed by atoms with Crippen molar-refractivity contribution in [2.24, 2.45) is 0 Å².